The summed E-state index contributed by atoms with van der Waals surface area (Å²) in [6.07, 6.45) is 10.5. The minimum absolute atomic E-state index is 0.148. The molecule has 2 fully saturated rings. The van der Waals surface area contributed by atoms with Gasteiger partial charge in [0.15, 0.2) is 0 Å². The third-order valence-electron chi connectivity index (χ3n) is 6.81. The number of rotatable bonds is 9. The van der Waals surface area contributed by atoms with Gasteiger partial charge in [-0.05, 0) is 75.9 Å². The highest BCUT2D eigenvalue weighted by Crippen LogP contribution is 2.20. The highest BCUT2D eigenvalue weighted by Gasteiger charge is 2.29. The Balaban J connectivity index is 1.29. The highest BCUT2D eigenvalue weighted by molar-refractivity contribution is 5.94. The van der Waals surface area contributed by atoms with Crippen LogP contribution < -0.4 is 0 Å². The number of amides is 1. The van der Waals surface area contributed by atoms with E-state index in [9.17, 15) is 4.79 Å². The van der Waals surface area contributed by atoms with Gasteiger partial charge in [-0.3, -0.25) is 9.78 Å². The van der Waals surface area contributed by atoms with Crippen molar-refractivity contribution in [1.29, 1.82) is 0 Å². The Labute approximate surface area is 187 Å². The summed E-state index contributed by atoms with van der Waals surface area (Å²) in [6, 6.07) is 14.9. The molecular weight excluding hydrogens is 384 g/mol. The van der Waals surface area contributed by atoms with Crippen LogP contribution in [0.25, 0.3) is 0 Å². The number of likely N-dealkylation sites (tertiary alicyclic amines) is 2. The summed E-state index contributed by atoms with van der Waals surface area (Å²) in [5.41, 5.74) is 2.14. The lowest BCUT2D eigenvalue weighted by molar-refractivity contribution is 0.0547. The van der Waals surface area contributed by atoms with Crippen LogP contribution in [0, 0.1) is 0 Å². The van der Waals surface area contributed by atoms with Gasteiger partial charge in [-0.2, -0.15) is 0 Å². The molecule has 5 heteroatoms. The Bertz CT molecular complexity index is 784. The molecule has 2 saturated heterocycles. The molecule has 1 aromatic carbocycles. The molecule has 0 bridgehead atoms. The average Bonchev–Trinajstić information content (AvgIpc) is 3.35. The van der Waals surface area contributed by atoms with Crippen LogP contribution in [0.5, 0.6) is 0 Å². The van der Waals surface area contributed by atoms with E-state index in [1.807, 2.05) is 12.1 Å². The van der Waals surface area contributed by atoms with Gasteiger partial charge >= 0.3 is 0 Å². The second-order valence-corrected chi connectivity index (χ2v) is 8.95. The molecule has 0 saturated carbocycles. The van der Waals surface area contributed by atoms with Crippen LogP contribution in [-0.4, -0.2) is 77.4 Å². The van der Waals surface area contributed by atoms with Crippen LogP contribution in [0.1, 0.15) is 48.0 Å². The lowest BCUT2D eigenvalue weighted by Gasteiger charge is -2.39. The number of carbonyl (C=O) groups is 1. The lowest BCUT2D eigenvalue weighted by Crippen LogP contribution is -2.49. The number of hydrogen-bond acceptors (Lipinski definition) is 4. The molecule has 1 aromatic heterocycles. The molecule has 0 spiro atoms. The first kappa shape index (κ1) is 22.0. The summed E-state index contributed by atoms with van der Waals surface area (Å²) < 4.78 is 0. The van der Waals surface area contributed by atoms with Crippen LogP contribution in [0.3, 0.4) is 0 Å². The van der Waals surface area contributed by atoms with Gasteiger partial charge in [-0.25, -0.2) is 0 Å². The molecule has 1 amide bonds. The number of carbonyl (C=O) groups excluding carboxylic acids is 1. The van der Waals surface area contributed by atoms with Crippen molar-refractivity contribution in [1.82, 2.24) is 19.7 Å². The van der Waals surface area contributed by atoms with Crippen molar-refractivity contribution in [3.05, 3.63) is 66.0 Å². The average molecular weight is 421 g/mol. The van der Waals surface area contributed by atoms with Gasteiger partial charge in [0.1, 0.15) is 0 Å². The van der Waals surface area contributed by atoms with E-state index in [2.05, 4.69) is 50.0 Å². The molecule has 3 heterocycles. The smallest absolute Gasteiger partial charge is 0.255 e. The molecule has 0 radical (unpaired) electrons. The third-order valence-corrected chi connectivity index (χ3v) is 6.81. The van der Waals surface area contributed by atoms with Crippen LogP contribution in [0.2, 0.25) is 0 Å². The van der Waals surface area contributed by atoms with Crippen molar-refractivity contribution in [2.75, 3.05) is 45.8 Å². The standard InChI is InChI=1S/C26H36N4O/c31-26(24-11-6-14-27-22-24)30(21-20-28-15-4-5-16-28)25-12-18-29(19-13-25)17-7-10-23-8-2-1-3-9-23/h1-3,6,8-9,11,14,22,25H,4-5,7,10,12-13,15-21H2. The van der Waals surface area contributed by atoms with Gasteiger partial charge in [0.25, 0.3) is 5.91 Å². The zero-order chi connectivity index (χ0) is 21.3. The summed E-state index contributed by atoms with van der Waals surface area (Å²) >= 11 is 0. The number of piperidine rings is 1. The molecule has 0 aliphatic carbocycles. The van der Waals surface area contributed by atoms with Gasteiger partial charge in [-0.1, -0.05) is 30.3 Å². The molecule has 0 atom stereocenters. The molecule has 31 heavy (non-hydrogen) atoms. The zero-order valence-electron chi connectivity index (χ0n) is 18.7. The molecule has 5 nitrogen and oxygen atoms in total. The molecule has 2 aliphatic heterocycles. The second-order valence-electron chi connectivity index (χ2n) is 8.95. The minimum atomic E-state index is 0.148. The minimum Gasteiger partial charge on any atom is -0.334 e. The molecular formula is C26H36N4O. The quantitative estimate of drug-likeness (QED) is 0.620. The van der Waals surface area contributed by atoms with E-state index < -0.39 is 0 Å². The van der Waals surface area contributed by atoms with Crippen molar-refractivity contribution in [3.63, 3.8) is 0 Å². The summed E-state index contributed by atoms with van der Waals surface area (Å²) in [6.45, 7) is 7.48. The van der Waals surface area contributed by atoms with E-state index in [1.165, 1.54) is 37.9 Å². The zero-order valence-corrected chi connectivity index (χ0v) is 18.7. The summed E-state index contributed by atoms with van der Waals surface area (Å²) in [5.74, 6) is 0.148. The normalized spacial score (nSPS) is 18.3. The first-order valence-corrected chi connectivity index (χ1v) is 12.0. The summed E-state index contributed by atoms with van der Waals surface area (Å²) in [7, 11) is 0. The Morgan fingerprint density at radius 1 is 0.935 bits per heavy atom. The van der Waals surface area contributed by atoms with E-state index in [0.29, 0.717) is 11.6 Å². The predicted molar refractivity (Wildman–Crippen MR) is 125 cm³/mol. The number of pyridine rings is 1. The largest absolute Gasteiger partial charge is 0.334 e. The fraction of sp³-hybridized carbons (Fsp3) is 0.538. The van der Waals surface area contributed by atoms with Crippen LogP contribution in [0.4, 0.5) is 0 Å². The predicted octanol–water partition coefficient (Wildman–Crippen LogP) is 3.72. The number of nitrogens with zero attached hydrogens (tertiary/aromatic N) is 4. The molecule has 166 valence electrons. The van der Waals surface area contributed by atoms with Crippen molar-refractivity contribution in [2.45, 2.75) is 44.6 Å². The SMILES string of the molecule is O=C(c1cccnc1)N(CCN1CCCC1)C1CCN(CCCc2ccccc2)CC1. The maximum Gasteiger partial charge on any atom is 0.255 e. The number of hydrogen-bond donors (Lipinski definition) is 0. The third kappa shape index (κ3) is 6.37. The first-order valence-electron chi connectivity index (χ1n) is 12.0. The molecule has 2 aromatic rings. The summed E-state index contributed by atoms with van der Waals surface area (Å²) in [4.78, 5) is 24.7. The second kappa shape index (κ2) is 11.4. The van der Waals surface area contributed by atoms with Gasteiger partial charge in [0.2, 0.25) is 0 Å². The Hall–Kier alpha value is -2.24. The fourth-order valence-electron chi connectivity index (χ4n) is 4.97. The number of benzene rings is 1. The van der Waals surface area contributed by atoms with Crippen molar-refractivity contribution >= 4 is 5.91 Å². The Morgan fingerprint density at radius 3 is 2.39 bits per heavy atom. The van der Waals surface area contributed by atoms with Crippen LogP contribution >= 0.6 is 0 Å². The summed E-state index contributed by atoms with van der Waals surface area (Å²) in [5, 5.41) is 0. The number of aryl methyl sites for hydroxylation is 1. The van der Waals surface area contributed by atoms with Crippen molar-refractivity contribution in [2.24, 2.45) is 0 Å². The van der Waals surface area contributed by atoms with Gasteiger partial charge in [0, 0.05) is 44.6 Å². The Morgan fingerprint density at radius 2 is 1.68 bits per heavy atom. The van der Waals surface area contributed by atoms with E-state index in [-0.39, 0.29) is 5.91 Å². The van der Waals surface area contributed by atoms with E-state index >= 15 is 0 Å². The van der Waals surface area contributed by atoms with E-state index in [1.54, 1.807) is 12.4 Å². The van der Waals surface area contributed by atoms with Crippen molar-refractivity contribution < 1.29 is 4.79 Å². The van der Waals surface area contributed by atoms with Gasteiger partial charge in [0.05, 0.1) is 5.56 Å². The topological polar surface area (TPSA) is 39.7 Å². The number of aromatic nitrogens is 1. The molecule has 0 unspecified atom stereocenters. The van der Waals surface area contributed by atoms with Gasteiger partial charge < -0.3 is 14.7 Å². The van der Waals surface area contributed by atoms with Crippen molar-refractivity contribution in [3.8, 4) is 0 Å². The van der Waals surface area contributed by atoms with Crippen LogP contribution in [0.15, 0.2) is 54.9 Å². The molecule has 4 rings (SSSR count). The van der Waals surface area contributed by atoms with E-state index in [0.717, 1.165) is 52.0 Å². The van der Waals surface area contributed by atoms with Gasteiger partial charge in [-0.15, -0.1) is 0 Å². The Kier molecular flexibility index (Phi) is 8.08. The maximum absolute atomic E-state index is 13.3. The monoisotopic (exact) mass is 420 g/mol. The van der Waals surface area contributed by atoms with Crippen LogP contribution in [-0.2, 0) is 6.42 Å². The fourth-order valence-corrected chi connectivity index (χ4v) is 4.97. The maximum atomic E-state index is 13.3. The molecule has 2 aliphatic rings. The first-order chi connectivity index (χ1) is 15.3. The highest BCUT2D eigenvalue weighted by atomic mass is 16.2. The molecule has 0 N–H and O–H groups in total. The van der Waals surface area contributed by atoms with E-state index in [4.69, 9.17) is 0 Å². The lowest BCUT2D eigenvalue weighted by atomic mass is 10.0.